The van der Waals surface area contributed by atoms with Crippen LogP contribution in [0.1, 0.15) is 11.3 Å². The summed E-state index contributed by atoms with van der Waals surface area (Å²) in [5.41, 5.74) is 4.69. The quantitative estimate of drug-likeness (QED) is 0.674. The number of hydrazone groups is 1. The molecule has 0 aliphatic heterocycles. The highest BCUT2D eigenvalue weighted by Gasteiger charge is 2.02. The van der Waals surface area contributed by atoms with Crippen LogP contribution in [0, 0.1) is 6.92 Å². The Labute approximate surface area is 115 Å². The number of nitrogens with zero attached hydrogens (tertiary/aromatic N) is 2. The van der Waals surface area contributed by atoms with Gasteiger partial charge >= 0.3 is 0 Å². The van der Waals surface area contributed by atoms with Gasteiger partial charge in [-0.25, -0.2) is 4.98 Å². The summed E-state index contributed by atoms with van der Waals surface area (Å²) in [6.45, 7) is 1.94. The first-order valence-corrected chi connectivity index (χ1v) is 6.54. The highest BCUT2D eigenvalue weighted by atomic mass is 32.1. The zero-order valence-corrected chi connectivity index (χ0v) is 11.8. The van der Waals surface area contributed by atoms with Crippen molar-refractivity contribution >= 4 is 22.7 Å². The summed E-state index contributed by atoms with van der Waals surface area (Å²) in [5, 5.41) is 6.87. The summed E-state index contributed by atoms with van der Waals surface area (Å²) < 4.78 is 10.4. The van der Waals surface area contributed by atoms with E-state index in [-0.39, 0.29) is 0 Å². The summed E-state index contributed by atoms with van der Waals surface area (Å²) in [5.74, 6) is 1.49. The largest absolute Gasteiger partial charge is 0.497 e. The zero-order chi connectivity index (χ0) is 13.7. The van der Waals surface area contributed by atoms with E-state index in [1.54, 1.807) is 20.4 Å². The third-order valence-corrected chi connectivity index (χ3v) is 3.28. The number of rotatable bonds is 5. The van der Waals surface area contributed by atoms with Crippen molar-refractivity contribution in [2.75, 3.05) is 19.6 Å². The van der Waals surface area contributed by atoms with Crippen LogP contribution in [0.15, 0.2) is 28.7 Å². The Morgan fingerprint density at radius 2 is 2.16 bits per heavy atom. The van der Waals surface area contributed by atoms with Gasteiger partial charge in [-0.1, -0.05) is 0 Å². The molecule has 1 aromatic heterocycles. The van der Waals surface area contributed by atoms with Gasteiger partial charge in [0.2, 0.25) is 5.13 Å². The molecule has 0 atom stereocenters. The summed E-state index contributed by atoms with van der Waals surface area (Å²) >= 11 is 1.51. The molecule has 1 heterocycles. The van der Waals surface area contributed by atoms with Crippen LogP contribution in [-0.2, 0) is 0 Å². The standard InChI is InChI=1S/C13H15N3O2S/c1-9-8-19-13(15-9)16-14-7-10-6-11(17-2)4-5-12(10)18-3/h4-8H,1-3H3,(H,15,16). The Hall–Kier alpha value is -2.08. The minimum atomic E-state index is 0.738. The van der Waals surface area contributed by atoms with E-state index < -0.39 is 0 Å². The molecule has 100 valence electrons. The van der Waals surface area contributed by atoms with Gasteiger partial charge in [-0.05, 0) is 25.1 Å². The fourth-order valence-electron chi connectivity index (χ4n) is 1.50. The second-order valence-electron chi connectivity index (χ2n) is 3.77. The molecule has 0 spiro atoms. The lowest BCUT2D eigenvalue weighted by atomic mass is 10.2. The lowest BCUT2D eigenvalue weighted by Crippen LogP contribution is -1.95. The SMILES string of the molecule is COc1ccc(OC)c(C=NNc2nc(C)cs2)c1. The van der Waals surface area contributed by atoms with Crippen molar-refractivity contribution in [3.05, 3.63) is 34.8 Å². The van der Waals surface area contributed by atoms with Crippen LogP contribution < -0.4 is 14.9 Å². The van der Waals surface area contributed by atoms with Crippen molar-refractivity contribution in [3.8, 4) is 11.5 Å². The molecule has 2 rings (SSSR count). The molecular formula is C13H15N3O2S. The van der Waals surface area contributed by atoms with Gasteiger partial charge in [-0.2, -0.15) is 5.10 Å². The topological polar surface area (TPSA) is 55.7 Å². The second kappa shape index (κ2) is 6.19. The van der Waals surface area contributed by atoms with Gasteiger partial charge < -0.3 is 9.47 Å². The molecule has 2 aromatic rings. The molecule has 0 amide bonds. The van der Waals surface area contributed by atoms with Crippen molar-refractivity contribution in [1.29, 1.82) is 0 Å². The molecule has 0 bridgehead atoms. The third kappa shape index (κ3) is 3.45. The Morgan fingerprint density at radius 1 is 1.32 bits per heavy atom. The number of thiazole rings is 1. The maximum absolute atomic E-state index is 5.26. The maximum Gasteiger partial charge on any atom is 0.203 e. The van der Waals surface area contributed by atoms with Crippen LogP contribution in [0.4, 0.5) is 5.13 Å². The number of aromatic nitrogens is 1. The molecule has 0 aliphatic rings. The monoisotopic (exact) mass is 277 g/mol. The Morgan fingerprint density at radius 3 is 2.79 bits per heavy atom. The normalized spacial score (nSPS) is 10.7. The van der Waals surface area contributed by atoms with Crippen molar-refractivity contribution < 1.29 is 9.47 Å². The van der Waals surface area contributed by atoms with E-state index in [0.29, 0.717) is 0 Å². The number of aryl methyl sites for hydroxylation is 1. The van der Waals surface area contributed by atoms with Crippen LogP contribution in [0.25, 0.3) is 0 Å². The average Bonchev–Trinajstić information content (AvgIpc) is 2.84. The number of ether oxygens (including phenoxy) is 2. The molecule has 1 N–H and O–H groups in total. The third-order valence-electron chi connectivity index (χ3n) is 2.42. The summed E-state index contributed by atoms with van der Waals surface area (Å²) in [7, 11) is 3.25. The molecule has 0 aliphatic carbocycles. The van der Waals surface area contributed by atoms with E-state index in [1.165, 1.54) is 11.3 Å². The fraction of sp³-hybridized carbons (Fsp3) is 0.231. The van der Waals surface area contributed by atoms with Gasteiger partial charge in [0, 0.05) is 10.9 Å². The number of nitrogens with one attached hydrogen (secondary N) is 1. The van der Waals surface area contributed by atoms with E-state index in [0.717, 1.165) is 27.9 Å². The molecular weight excluding hydrogens is 262 g/mol. The van der Waals surface area contributed by atoms with Crippen molar-refractivity contribution in [2.45, 2.75) is 6.92 Å². The number of hydrogen-bond acceptors (Lipinski definition) is 6. The maximum atomic E-state index is 5.26. The minimum absolute atomic E-state index is 0.738. The zero-order valence-electron chi connectivity index (χ0n) is 11.0. The van der Waals surface area contributed by atoms with Crippen molar-refractivity contribution in [3.63, 3.8) is 0 Å². The van der Waals surface area contributed by atoms with Gasteiger partial charge in [0.25, 0.3) is 0 Å². The van der Waals surface area contributed by atoms with Crippen LogP contribution >= 0.6 is 11.3 Å². The van der Waals surface area contributed by atoms with E-state index >= 15 is 0 Å². The molecule has 0 saturated heterocycles. The van der Waals surface area contributed by atoms with E-state index in [2.05, 4.69) is 15.5 Å². The Kier molecular flexibility index (Phi) is 4.35. The van der Waals surface area contributed by atoms with E-state index in [1.807, 2.05) is 30.5 Å². The minimum Gasteiger partial charge on any atom is -0.497 e. The molecule has 1 aromatic carbocycles. The first-order valence-electron chi connectivity index (χ1n) is 5.66. The van der Waals surface area contributed by atoms with Crippen LogP contribution in [0.5, 0.6) is 11.5 Å². The summed E-state index contributed by atoms with van der Waals surface area (Å²) in [4.78, 5) is 4.26. The number of anilines is 1. The van der Waals surface area contributed by atoms with E-state index in [4.69, 9.17) is 9.47 Å². The van der Waals surface area contributed by atoms with Crippen molar-refractivity contribution in [1.82, 2.24) is 4.98 Å². The predicted octanol–water partition coefficient (Wildman–Crippen LogP) is 2.91. The van der Waals surface area contributed by atoms with Gasteiger partial charge in [0.05, 0.1) is 26.1 Å². The number of hydrogen-bond donors (Lipinski definition) is 1. The van der Waals surface area contributed by atoms with Gasteiger partial charge in [-0.15, -0.1) is 11.3 Å². The summed E-state index contributed by atoms with van der Waals surface area (Å²) in [6.07, 6.45) is 1.68. The lowest BCUT2D eigenvalue weighted by Gasteiger charge is -2.06. The smallest absolute Gasteiger partial charge is 0.203 e. The fourth-order valence-corrected chi connectivity index (χ4v) is 2.14. The first-order chi connectivity index (χ1) is 9.22. The highest BCUT2D eigenvalue weighted by molar-refractivity contribution is 7.13. The predicted molar refractivity (Wildman–Crippen MR) is 77.6 cm³/mol. The molecule has 0 saturated carbocycles. The molecule has 5 nitrogen and oxygen atoms in total. The number of methoxy groups -OCH3 is 2. The van der Waals surface area contributed by atoms with Crippen molar-refractivity contribution in [2.24, 2.45) is 5.10 Å². The van der Waals surface area contributed by atoms with Crippen LogP contribution in [0.2, 0.25) is 0 Å². The average molecular weight is 277 g/mol. The summed E-state index contributed by atoms with van der Waals surface area (Å²) in [6, 6.07) is 5.54. The van der Waals surface area contributed by atoms with Gasteiger partial charge in [0.15, 0.2) is 0 Å². The number of benzene rings is 1. The lowest BCUT2D eigenvalue weighted by molar-refractivity contribution is 0.402. The van der Waals surface area contributed by atoms with Gasteiger partial charge in [0.1, 0.15) is 11.5 Å². The Bertz CT molecular complexity index is 581. The first kappa shape index (κ1) is 13.4. The van der Waals surface area contributed by atoms with Crippen LogP contribution in [0.3, 0.4) is 0 Å². The van der Waals surface area contributed by atoms with Crippen LogP contribution in [-0.4, -0.2) is 25.4 Å². The molecule has 0 radical (unpaired) electrons. The van der Waals surface area contributed by atoms with Gasteiger partial charge in [-0.3, -0.25) is 5.43 Å². The molecule has 6 heteroatoms. The molecule has 19 heavy (non-hydrogen) atoms. The molecule has 0 unspecified atom stereocenters. The Balaban J connectivity index is 2.12. The molecule has 0 fully saturated rings. The van der Waals surface area contributed by atoms with E-state index in [9.17, 15) is 0 Å². The highest BCUT2D eigenvalue weighted by Crippen LogP contribution is 2.22. The second-order valence-corrected chi connectivity index (χ2v) is 4.63.